The summed E-state index contributed by atoms with van der Waals surface area (Å²) in [6, 6.07) is 5.42. The Morgan fingerprint density at radius 1 is 1.50 bits per heavy atom. The number of nitrogens with zero attached hydrogens (tertiary/aromatic N) is 2. The summed E-state index contributed by atoms with van der Waals surface area (Å²) in [5.41, 5.74) is -0.0338. The average molecular weight is 324 g/mol. The number of aliphatic hydroxyl groups is 1. The number of pyridine rings is 1. The molecule has 0 aromatic carbocycles. The average Bonchev–Trinajstić information content (AvgIpc) is 2.79. The maximum atomic E-state index is 12.4. The number of hydrogen-bond acceptors (Lipinski definition) is 3. The number of carbonyl (C=O) groups excluding carboxylic acids is 1. The maximum Gasteiger partial charge on any atom is 0.271 e. The molecule has 2 rings (SSSR count). The Bertz CT molecular complexity index is 664. The molecule has 120 valence electrons. The summed E-state index contributed by atoms with van der Waals surface area (Å²) >= 11 is 6.06. The first-order valence-electron chi connectivity index (χ1n) is 7.43. The second-order valence-corrected chi connectivity index (χ2v) is 6.65. The minimum absolute atomic E-state index is 0.158. The summed E-state index contributed by atoms with van der Waals surface area (Å²) in [7, 11) is 0. The van der Waals surface area contributed by atoms with E-state index < -0.39 is 5.60 Å². The van der Waals surface area contributed by atoms with E-state index >= 15 is 0 Å². The molecule has 2 heterocycles. The molecule has 1 atom stereocenters. The Hall–Kier alpha value is -1.59. The van der Waals surface area contributed by atoms with E-state index in [4.69, 9.17) is 11.6 Å². The first-order valence-corrected chi connectivity index (χ1v) is 7.81. The number of carbonyl (C=O) groups is 1. The van der Waals surface area contributed by atoms with E-state index in [-0.39, 0.29) is 23.3 Å². The number of rotatable bonds is 6. The Kier molecular flexibility index (Phi) is 5.08. The summed E-state index contributed by atoms with van der Waals surface area (Å²) < 4.78 is 1.64. The molecule has 2 aromatic rings. The number of amides is 1. The van der Waals surface area contributed by atoms with Crippen LogP contribution in [0.3, 0.4) is 0 Å². The molecule has 2 aromatic heterocycles. The molecule has 22 heavy (non-hydrogen) atoms. The molecule has 2 N–H and O–H groups in total. The molecule has 0 aliphatic rings. The van der Waals surface area contributed by atoms with Gasteiger partial charge in [-0.1, -0.05) is 31.5 Å². The summed E-state index contributed by atoms with van der Waals surface area (Å²) in [5, 5.41) is 13.2. The predicted octanol–water partition coefficient (Wildman–Crippen LogP) is 2.90. The standard InChI is InChI=1S/C16H22ClN3O2/c1-11(2)7-8-16(3,22)10-18-15(21)13-14(17)19-12-6-4-5-9-20(12)13/h4-6,9,11,22H,7-8,10H2,1-3H3,(H,18,21). The van der Waals surface area contributed by atoms with Crippen molar-refractivity contribution in [3.8, 4) is 0 Å². The molecule has 0 saturated heterocycles. The van der Waals surface area contributed by atoms with E-state index in [2.05, 4.69) is 24.1 Å². The smallest absolute Gasteiger partial charge is 0.271 e. The SMILES string of the molecule is CC(C)CCC(C)(O)CNC(=O)c1c(Cl)nc2ccccn12. The molecule has 0 spiro atoms. The fraction of sp³-hybridized carbons (Fsp3) is 0.500. The van der Waals surface area contributed by atoms with Crippen LogP contribution in [0, 0.1) is 5.92 Å². The van der Waals surface area contributed by atoms with Crippen LogP contribution in [0.15, 0.2) is 24.4 Å². The van der Waals surface area contributed by atoms with Crippen molar-refractivity contribution >= 4 is 23.2 Å². The third-order valence-corrected chi connectivity index (χ3v) is 3.86. The van der Waals surface area contributed by atoms with Gasteiger partial charge in [0.05, 0.1) is 5.60 Å². The van der Waals surface area contributed by atoms with Gasteiger partial charge in [0.25, 0.3) is 5.91 Å². The van der Waals surface area contributed by atoms with E-state index in [1.54, 1.807) is 29.7 Å². The third-order valence-electron chi connectivity index (χ3n) is 3.59. The van der Waals surface area contributed by atoms with Crippen molar-refractivity contribution in [2.24, 2.45) is 5.92 Å². The van der Waals surface area contributed by atoms with Gasteiger partial charge in [0.1, 0.15) is 5.65 Å². The van der Waals surface area contributed by atoms with Crippen LogP contribution in [-0.2, 0) is 0 Å². The van der Waals surface area contributed by atoms with E-state index in [9.17, 15) is 9.90 Å². The highest BCUT2D eigenvalue weighted by Crippen LogP contribution is 2.19. The zero-order chi connectivity index (χ0) is 16.3. The van der Waals surface area contributed by atoms with Crippen molar-refractivity contribution in [2.45, 2.75) is 39.2 Å². The van der Waals surface area contributed by atoms with Crippen LogP contribution < -0.4 is 5.32 Å². The molecule has 0 aliphatic heterocycles. The van der Waals surface area contributed by atoms with Gasteiger partial charge in [-0.05, 0) is 37.8 Å². The molecule has 1 unspecified atom stereocenters. The van der Waals surface area contributed by atoms with E-state index in [1.807, 2.05) is 6.07 Å². The summed E-state index contributed by atoms with van der Waals surface area (Å²) in [5.74, 6) is 0.170. The molecule has 5 nitrogen and oxygen atoms in total. The Morgan fingerprint density at radius 2 is 2.23 bits per heavy atom. The van der Waals surface area contributed by atoms with Crippen molar-refractivity contribution in [1.82, 2.24) is 14.7 Å². The van der Waals surface area contributed by atoms with Crippen molar-refractivity contribution in [1.29, 1.82) is 0 Å². The highest BCUT2D eigenvalue weighted by atomic mass is 35.5. The highest BCUT2D eigenvalue weighted by molar-refractivity contribution is 6.32. The van der Waals surface area contributed by atoms with Gasteiger partial charge in [0, 0.05) is 12.7 Å². The van der Waals surface area contributed by atoms with Crippen LogP contribution in [0.1, 0.15) is 44.1 Å². The zero-order valence-electron chi connectivity index (χ0n) is 13.1. The monoisotopic (exact) mass is 323 g/mol. The largest absolute Gasteiger partial charge is 0.388 e. The van der Waals surface area contributed by atoms with E-state index in [1.165, 1.54) is 0 Å². The van der Waals surface area contributed by atoms with Crippen LogP contribution >= 0.6 is 11.6 Å². The first kappa shape index (κ1) is 16.8. The molecular weight excluding hydrogens is 302 g/mol. The van der Waals surface area contributed by atoms with Gasteiger partial charge in [0.15, 0.2) is 10.8 Å². The summed E-state index contributed by atoms with van der Waals surface area (Å²) in [4.78, 5) is 16.5. The number of fused-ring (bicyclic) bond motifs is 1. The molecule has 6 heteroatoms. The van der Waals surface area contributed by atoms with Crippen LogP contribution in [-0.4, -0.2) is 32.5 Å². The lowest BCUT2D eigenvalue weighted by Crippen LogP contribution is -2.41. The lowest BCUT2D eigenvalue weighted by atomic mass is 9.95. The number of hydrogen-bond donors (Lipinski definition) is 2. The van der Waals surface area contributed by atoms with Gasteiger partial charge < -0.3 is 10.4 Å². The molecule has 0 bridgehead atoms. The van der Waals surface area contributed by atoms with Crippen molar-refractivity contribution < 1.29 is 9.90 Å². The molecular formula is C16H22ClN3O2. The topological polar surface area (TPSA) is 66.6 Å². The second kappa shape index (κ2) is 6.67. The number of aromatic nitrogens is 2. The minimum Gasteiger partial charge on any atom is -0.388 e. The van der Waals surface area contributed by atoms with Crippen LogP contribution in [0.4, 0.5) is 0 Å². The van der Waals surface area contributed by atoms with Gasteiger partial charge in [0.2, 0.25) is 0 Å². The summed E-state index contributed by atoms with van der Waals surface area (Å²) in [6.07, 6.45) is 3.27. The molecule has 0 aliphatic carbocycles. The van der Waals surface area contributed by atoms with E-state index in [0.717, 1.165) is 6.42 Å². The number of nitrogens with one attached hydrogen (secondary N) is 1. The Balaban J connectivity index is 2.07. The maximum absolute atomic E-state index is 12.4. The predicted molar refractivity (Wildman–Crippen MR) is 87.2 cm³/mol. The van der Waals surface area contributed by atoms with E-state index in [0.29, 0.717) is 18.0 Å². The van der Waals surface area contributed by atoms with Gasteiger partial charge in [-0.3, -0.25) is 9.20 Å². The minimum atomic E-state index is -0.938. The summed E-state index contributed by atoms with van der Waals surface area (Å²) in [6.45, 7) is 6.11. The first-order chi connectivity index (χ1) is 10.3. The number of halogens is 1. The Morgan fingerprint density at radius 3 is 2.91 bits per heavy atom. The van der Waals surface area contributed by atoms with Crippen LogP contribution in [0.5, 0.6) is 0 Å². The van der Waals surface area contributed by atoms with Crippen LogP contribution in [0.2, 0.25) is 5.15 Å². The fourth-order valence-electron chi connectivity index (χ4n) is 2.21. The molecule has 1 amide bonds. The zero-order valence-corrected chi connectivity index (χ0v) is 13.9. The van der Waals surface area contributed by atoms with Gasteiger partial charge in [-0.2, -0.15) is 0 Å². The van der Waals surface area contributed by atoms with Crippen molar-refractivity contribution in [3.63, 3.8) is 0 Å². The van der Waals surface area contributed by atoms with Crippen molar-refractivity contribution in [2.75, 3.05) is 6.54 Å². The fourth-order valence-corrected chi connectivity index (χ4v) is 2.48. The van der Waals surface area contributed by atoms with Crippen molar-refractivity contribution in [3.05, 3.63) is 35.2 Å². The lowest BCUT2D eigenvalue weighted by Gasteiger charge is -2.24. The second-order valence-electron chi connectivity index (χ2n) is 6.29. The molecule has 0 saturated carbocycles. The van der Waals surface area contributed by atoms with Gasteiger partial charge in [-0.15, -0.1) is 0 Å². The quantitative estimate of drug-likeness (QED) is 0.859. The van der Waals surface area contributed by atoms with Crippen LogP contribution in [0.25, 0.3) is 5.65 Å². The normalized spacial score (nSPS) is 14.3. The Labute approximate surface area is 135 Å². The highest BCUT2D eigenvalue weighted by Gasteiger charge is 2.24. The van der Waals surface area contributed by atoms with Gasteiger partial charge >= 0.3 is 0 Å². The van der Waals surface area contributed by atoms with Gasteiger partial charge in [-0.25, -0.2) is 4.98 Å². The number of imidazole rings is 1. The third kappa shape index (κ3) is 3.99. The molecule has 0 fully saturated rings. The molecule has 0 radical (unpaired) electrons. The lowest BCUT2D eigenvalue weighted by molar-refractivity contribution is 0.0428.